The lowest BCUT2D eigenvalue weighted by molar-refractivity contribution is 0.0697. The second-order valence-electron chi connectivity index (χ2n) is 8.42. The summed E-state index contributed by atoms with van der Waals surface area (Å²) >= 11 is 1.62. The molecule has 0 spiro atoms. The number of likely N-dealkylation sites (tertiary alicyclic amines) is 1. The third-order valence-corrected chi connectivity index (χ3v) is 7.19. The predicted octanol–water partition coefficient (Wildman–Crippen LogP) is 5.08. The van der Waals surface area contributed by atoms with Crippen LogP contribution >= 0.6 is 11.3 Å². The van der Waals surface area contributed by atoms with Gasteiger partial charge in [-0.1, -0.05) is 30.3 Å². The van der Waals surface area contributed by atoms with Crippen LogP contribution in [0.2, 0.25) is 0 Å². The van der Waals surface area contributed by atoms with Crippen LogP contribution in [0.3, 0.4) is 0 Å². The molecule has 2 aromatic carbocycles. The molecule has 164 valence electrons. The number of amides is 1. The molecule has 1 aliphatic rings. The summed E-state index contributed by atoms with van der Waals surface area (Å²) < 4.78 is 1.85. The number of thiophene rings is 1. The number of carbonyl (C=O) groups is 1. The average Bonchev–Trinajstić information content (AvgIpc) is 3.50. The van der Waals surface area contributed by atoms with Gasteiger partial charge in [-0.3, -0.25) is 9.36 Å². The van der Waals surface area contributed by atoms with Crippen molar-refractivity contribution in [3.8, 4) is 11.3 Å². The summed E-state index contributed by atoms with van der Waals surface area (Å²) in [5.41, 5.74) is 5.05. The zero-order chi connectivity index (χ0) is 22.4. The van der Waals surface area contributed by atoms with Crippen molar-refractivity contribution in [3.63, 3.8) is 0 Å². The summed E-state index contributed by atoms with van der Waals surface area (Å²) in [6, 6.07) is 19.6. The van der Waals surface area contributed by atoms with Gasteiger partial charge in [0.25, 0.3) is 5.91 Å². The van der Waals surface area contributed by atoms with Crippen LogP contribution in [0.5, 0.6) is 0 Å². The molecule has 0 aliphatic carbocycles. The smallest absolute Gasteiger partial charge is 0.326 e. The zero-order valence-electron chi connectivity index (χ0n) is 17.9. The summed E-state index contributed by atoms with van der Waals surface area (Å²) in [6.07, 6.45) is 1.49. The Bertz CT molecular complexity index is 1530. The lowest BCUT2D eigenvalue weighted by Crippen LogP contribution is -2.40. The fourth-order valence-corrected chi connectivity index (χ4v) is 5.49. The van der Waals surface area contributed by atoms with Crippen molar-refractivity contribution in [2.45, 2.75) is 18.9 Å². The standard InChI is InChI=1S/C26H22N4O2S/c31-25(20-15-23(17-11-14-33-16-17)27-21-6-2-1-5-19(20)21)29-12-9-18(10-13-29)30-24-8-4-3-7-22(24)28-26(30)32/h1-8,11,14-16,18H,9-10,12-13H2,(H,28,32). The molecular weight excluding hydrogens is 432 g/mol. The molecule has 6 nitrogen and oxygen atoms in total. The van der Waals surface area contributed by atoms with E-state index in [-0.39, 0.29) is 17.6 Å². The van der Waals surface area contributed by atoms with Crippen LogP contribution in [0.4, 0.5) is 0 Å². The van der Waals surface area contributed by atoms with Gasteiger partial charge in [-0.15, -0.1) is 0 Å². The van der Waals surface area contributed by atoms with Crippen molar-refractivity contribution in [3.05, 3.63) is 87.5 Å². The highest BCUT2D eigenvalue weighted by Crippen LogP contribution is 2.30. The maximum Gasteiger partial charge on any atom is 0.326 e. The Labute approximate surface area is 194 Å². The van der Waals surface area contributed by atoms with Gasteiger partial charge in [0, 0.05) is 35.5 Å². The second kappa shape index (κ2) is 8.01. The second-order valence-corrected chi connectivity index (χ2v) is 9.20. The first kappa shape index (κ1) is 19.9. The fourth-order valence-electron chi connectivity index (χ4n) is 4.84. The van der Waals surface area contributed by atoms with E-state index in [9.17, 15) is 9.59 Å². The van der Waals surface area contributed by atoms with Crippen molar-refractivity contribution in [2.75, 3.05) is 13.1 Å². The predicted molar refractivity (Wildman–Crippen MR) is 132 cm³/mol. The molecule has 0 unspecified atom stereocenters. The van der Waals surface area contributed by atoms with Gasteiger partial charge in [0.2, 0.25) is 0 Å². The molecule has 0 saturated carbocycles. The third kappa shape index (κ3) is 3.45. The highest BCUT2D eigenvalue weighted by Gasteiger charge is 2.28. The molecule has 0 bridgehead atoms. The number of benzene rings is 2. The summed E-state index contributed by atoms with van der Waals surface area (Å²) in [5.74, 6) is 0.0230. The number of carbonyl (C=O) groups excluding carboxylic acids is 1. The summed E-state index contributed by atoms with van der Waals surface area (Å²) in [5, 5.41) is 4.94. The minimum atomic E-state index is -0.0819. The number of nitrogens with one attached hydrogen (secondary N) is 1. The number of para-hydroxylation sites is 3. The normalized spacial score (nSPS) is 14.8. The number of aromatic amines is 1. The van der Waals surface area contributed by atoms with Gasteiger partial charge in [-0.2, -0.15) is 11.3 Å². The molecule has 0 radical (unpaired) electrons. The number of fused-ring (bicyclic) bond motifs is 2. The first-order chi connectivity index (χ1) is 16.2. The number of imidazole rings is 1. The van der Waals surface area contributed by atoms with Crippen molar-refractivity contribution in [2.24, 2.45) is 0 Å². The number of rotatable bonds is 3. The lowest BCUT2D eigenvalue weighted by Gasteiger charge is -2.33. The molecule has 1 N–H and O–H groups in total. The molecule has 1 amide bonds. The fraction of sp³-hybridized carbons (Fsp3) is 0.192. The van der Waals surface area contributed by atoms with Gasteiger partial charge in [-0.05, 0) is 48.6 Å². The minimum absolute atomic E-state index is 0.0230. The van der Waals surface area contributed by atoms with Crippen molar-refractivity contribution >= 4 is 39.2 Å². The minimum Gasteiger partial charge on any atom is -0.338 e. The Morgan fingerprint density at radius 2 is 1.82 bits per heavy atom. The van der Waals surface area contributed by atoms with Crippen LogP contribution in [-0.4, -0.2) is 38.4 Å². The van der Waals surface area contributed by atoms with Crippen LogP contribution in [0, 0.1) is 0 Å². The van der Waals surface area contributed by atoms with E-state index in [4.69, 9.17) is 4.98 Å². The molecule has 5 aromatic rings. The van der Waals surface area contributed by atoms with Crippen LogP contribution in [0.25, 0.3) is 33.2 Å². The molecule has 3 aromatic heterocycles. The van der Waals surface area contributed by atoms with E-state index < -0.39 is 0 Å². The number of pyridine rings is 1. The SMILES string of the molecule is O=C(c1cc(-c2ccsc2)nc2ccccc12)N1CCC(n2c(=O)[nH]c3ccccc32)CC1. The molecule has 4 heterocycles. The van der Waals surface area contributed by atoms with Crippen molar-refractivity contribution in [1.82, 2.24) is 19.4 Å². The molecule has 1 saturated heterocycles. The van der Waals surface area contributed by atoms with Gasteiger partial charge < -0.3 is 9.88 Å². The summed E-state index contributed by atoms with van der Waals surface area (Å²) in [7, 11) is 0. The van der Waals surface area contributed by atoms with Crippen LogP contribution in [0.15, 0.2) is 76.2 Å². The largest absolute Gasteiger partial charge is 0.338 e. The van der Waals surface area contributed by atoms with Crippen molar-refractivity contribution < 1.29 is 4.79 Å². The monoisotopic (exact) mass is 454 g/mol. The Kier molecular flexibility index (Phi) is 4.84. The van der Waals surface area contributed by atoms with Gasteiger partial charge >= 0.3 is 5.69 Å². The Hall–Kier alpha value is -3.71. The lowest BCUT2D eigenvalue weighted by atomic mass is 10.0. The molecule has 33 heavy (non-hydrogen) atoms. The molecular formula is C26H22N4O2S. The van der Waals surface area contributed by atoms with E-state index >= 15 is 0 Å². The topological polar surface area (TPSA) is 71.0 Å². The van der Waals surface area contributed by atoms with E-state index in [0.29, 0.717) is 18.7 Å². The first-order valence-electron chi connectivity index (χ1n) is 11.1. The van der Waals surface area contributed by atoms with Crippen LogP contribution in [-0.2, 0) is 0 Å². The number of piperidine rings is 1. The maximum absolute atomic E-state index is 13.6. The average molecular weight is 455 g/mol. The van der Waals surface area contributed by atoms with E-state index in [1.165, 1.54) is 0 Å². The van der Waals surface area contributed by atoms with E-state index in [1.54, 1.807) is 11.3 Å². The summed E-state index contributed by atoms with van der Waals surface area (Å²) in [4.78, 5) is 35.9. The van der Waals surface area contributed by atoms with E-state index in [2.05, 4.69) is 10.4 Å². The first-order valence-corrected chi connectivity index (χ1v) is 12.0. The van der Waals surface area contributed by atoms with Gasteiger partial charge in [-0.25, -0.2) is 9.78 Å². The highest BCUT2D eigenvalue weighted by molar-refractivity contribution is 7.08. The third-order valence-electron chi connectivity index (χ3n) is 6.50. The number of hydrogen-bond donors (Lipinski definition) is 1. The molecule has 7 heteroatoms. The Morgan fingerprint density at radius 1 is 1.03 bits per heavy atom. The number of hydrogen-bond acceptors (Lipinski definition) is 4. The molecule has 0 atom stereocenters. The van der Waals surface area contributed by atoms with Gasteiger partial charge in [0.1, 0.15) is 0 Å². The highest BCUT2D eigenvalue weighted by atomic mass is 32.1. The molecule has 1 aliphatic heterocycles. The van der Waals surface area contributed by atoms with E-state index in [0.717, 1.165) is 46.0 Å². The summed E-state index contributed by atoms with van der Waals surface area (Å²) in [6.45, 7) is 1.22. The Balaban J connectivity index is 1.30. The van der Waals surface area contributed by atoms with Crippen molar-refractivity contribution in [1.29, 1.82) is 0 Å². The molecule has 1 fully saturated rings. The number of nitrogens with zero attached hydrogens (tertiary/aromatic N) is 3. The molecule has 6 rings (SSSR count). The van der Waals surface area contributed by atoms with E-state index in [1.807, 2.05) is 75.5 Å². The Morgan fingerprint density at radius 3 is 2.64 bits per heavy atom. The zero-order valence-corrected chi connectivity index (χ0v) is 18.7. The van der Waals surface area contributed by atoms with Crippen LogP contribution < -0.4 is 5.69 Å². The van der Waals surface area contributed by atoms with Gasteiger partial charge in [0.05, 0.1) is 27.8 Å². The van der Waals surface area contributed by atoms with Crippen LogP contribution in [0.1, 0.15) is 29.2 Å². The van der Waals surface area contributed by atoms with Gasteiger partial charge in [0.15, 0.2) is 0 Å². The maximum atomic E-state index is 13.6. The quantitative estimate of drug-likeness (QED) is 0.413. The number of H-pyrrole nitrogens is 1. The number of aromatic nitrogens is 3.